The molecule has 0 fully saturated rings. The van der Waals surface area contributed by atoms with Crippen LogP contribution in [0.15, 0.2) is 35.3 Å². The molecule has 2 heterocycles. The van der Waals surface area contributed by atoms with Gasteiger partial charge in [-0.3, -0.25) is 33.5 Å². The Balaban J connectivity index is 0. The van der Waals surface area contributed by atoms with Crippen LogP contribution in [0, 0.1) is 0 Å². The zero-order chi connectivity index (χ0) is 46.6. The molecule has 0 saturated carbocycles. The molecule has 3 rings (SSSR count). The number of nitrogen functional groups attached to an aromatic ring is 1. The smallest absolute Gasteiger partial charge is 0.327 e. The average molecular weight is 887 g/mol. The summed E-state index contributed by atoms with van der Waals surface area (Å²) in [5.41, 5.74) is 6.01. The second-order valence-corrected chi connectivity index (χ2v) is 12.8. The van der Waals surface area contributed by atoms with Crippen LogP contribution in [0.25, 0.3) is 11.2 Å². The van der Waals surface area contributed by atoms with Gasteiger partial charge in [0.1, 0.15) is 18.1 Å². The van der Waals surface area contributed by atoms with Crippen molar-refractivity contribution in [2.75, 3.05) is 29.1 Å². The van der Waals surface area contributed by atoms with Gasteiger partial charge in [-0.2, -0.15) is 26.0 Å². The molecule has 336 valence electrons. The molecular formula is C36H58N10O12S2. The molecule has 0 bridgehead atoms. The molecule has 2 aromatic heterocycles. The maximum Gasteiger partial charge on any atom is 0.327 e. The van der Waals surface area contributed by atoms with E-state index in [1.165, 1.54) is 30.5 Å². The van der Waals surface area contributed by atoms with E-state index in [0.29, 0.717) is 11.4 Å². The molecule has 0 radical (unpaired) electrons. The van der Waals surface area contributed by atoms with Crippen LogP contribution in [-0.4, -0.2) is 115 Å². The lowest BCUT2D eigenvalue weighted by Crippen LogP contribution is -2.53. The molecule has 0 spiro atoms. The predicted octanol–water partition coefficient (Wildman–Crippen LogP) is 1.35. The number of anilines is 2. The van der Waals surface area contributed by atoms with Crippen LogP contribution in [0.1, 0.15) is 90.7 Å². The van der Waals surface area contributed by atoms with E-state index in [1.807, 2.05) is 55.4 Å². The number of aromatic amines is 1. The molecule has 24 heteroatoms. The van der Waals surface area contributed by atoms with Crippen molar-refractivity contribution in [2.24, 2.45) is 0 Å². The number of amides is 4. The Hall–Kier alpha value is -5.88. The third-order valence-corrected chi connectivity index (χ3v) is 7.98. The lowest BCUT2D eigenvalue weighted by molar-refractivity contribution is -0.141. The monoisotopic (exact) mass is 886 g/mol. The van der Waals surface area contributed by atoms with Crippen LogP contribution < -0.4 is 37.9 Å². The number of rotatable bonds is 19. The fourth-order valence-electron chi connectivity index (χ4n) is 4.27. The number of carbonyl (C=O) groups is 6. The van der Waals surface area contributed by atoms with Gasteiger partial charge in [0.15, 0.2) is 11.2 Å². The average Bonchev–Trinajstić information content (AvgIpc) is 3.22. The van der Waals surface area contributed by atoms with Gasteiger partial charge in [0, 0.05) is 30.0 Å². The Labute approximate surface area is 353 Å². The number of hydrogen-bond acceptors (Lipinski definition) is 15. The third kappa shape index (κ3) is 21.2. The SMILES string of the molecule is CC.CC.CC.CC.Nc1nc2ncc(CNc3ccc(C(=O)N[C@@H](CCC(=O)N[C@@H](CC(=O)NCCS(=O)(=O)O)C(=O)NC(CS)C(=O)O)C(=O)O)cc3)nc2c(=O)[nH]1. The zero-order valence-corrected chi connectivity index (χ0v) is 36.6. The van der Waals surface area contributed by atoms with E-state index in [9.17, 15) is 52.2 Å². The number of thiol groups is 1. The van der Waals surface area contributed by atoms with Gasteiger partial charge >= 0.3 is 11.9 Å². The van der Waals surface area contributed by atoms with Crippen LogP contribution in [0.3, 0.4) is 0 Å². The van der Waals surface area contributed by atoms with Crippen molar-refractivity contribution < 1.29 is 52.0 Å². The zero-order valence-electron chi connectivity index (χ0n) is 34.9. The lowest BCUT2D eigenvalue weighted by atomic mass is 10.1. The topological polar surface area (TPSA) is 355 Å². The molecule has 11 N–H and O–H groups in total. The summed E-state index contributed by atoms with van der Waals surface area (Å²) in [7, 11) is -4.42. The maximum absolute atomic E-state index is 12.8. The number of H-pyrrole nitrogens is 1. The minimum atomic E-state index is -4.42. The number of carbonyl (C=O) groups excluding carboxylic acids is 4. The third-order valence-electron chi connectivity index (χ3n) is 6.89. The van der Waals surface area contributed by atoms with Crippen molar-refractivity contribution in [1.82, 2.24) is 41.2 Å². The van der Waals surface area contributed by atoms with Crippen LogP contribution >= 0.6 is 12.6 Å². The van der Waals surface area contributed by atoms with E-state index in [0.717, 1.165) is 0 Å². The summed E-state index contributed by atoms with van der Waals surface area (Å²) in [5, 5.41) is 30.6. The standard InChI is InChI=1S/C28H34N10O12S2.4C2H6/c29-28-37-22-21(25(43)38-28)33-15(11-32-22)10-31-14-3-1-13(2-4-14)23(41)35-16(26(44)45)5-6-19(39)34-17(24(42)36-18(12-51)27(46)47)9-20(40)30-7-8-52(48,49)50;4*1-2/h1-4,11,16-18,31,51H,5-10,12H2,(H,30,40)(H,34,39)(H,35,41)(H,36,42)(H,44,45)(H,46,47)(H,48,49,50)(H3,29,32,37,38,43);4*1-2H3/t16-,17-,18?;;;;/m0..../s1. The fraction of sp³-hybridized carbons (Fsp3) is 0.500. The number of hydrogen-bond donors (Lipinski definition) is 11. The Bertz CT molecular complexity index is 2000. The molecule has 1 unspecified atom stereocenters. The number of nitrogens with one attached hydrogen (secondary N) is 6. The molecular weight excluding hydrogens is 829 g/mol. The van der Waals surface area contributed by atoms with Gasteiger partial charge in [-0.05, 0) is 30.7 Å². The van der Waals surface area contributed by atoms with Crippen LogP contribution in [0.2, 0.25) is 0 Å². The molecule has 3 aromatic rings. The van der Waals surface area contributed by atoms with Crippen LogP contribution in [0.5, 0.6) is 0 Å². The molecule has 4 amide bonds. The molecule has 0 saturated heterocycles. The minimum absolute atomic E-state index is 0.00618. The molecule has 0 aliphatic heterocycles. The number of fused-ring (bicyclic) bond motifs is 1. The Morgan fingerprint density at radius 2 is 1.42 bits per heavy atom. The number of nitrogens with zero attached hydrogens (tertiary/aromatic N) is 3. The Morgan fingerprint density at radius 3 is 1.95 bits per heavy atom. The highest BCUT2D eigenvalue weighted by Gasteiger charge is 2.29. The van der Waals surface area contributed by atoms with Crippen molar-refractivity contribution in [3.63, 3.8) is 0 Å². The van der Waals surface area contributed by atoms with E-state index in [-0.39, 0.29) is 35.0 Å². The molecule has 60 heavy (non-hydrogen) atoms. The van der Waals surface area contributed by atoms with Crippen molar-refractivity contribution in [3.05, 3.63) is 52.1 Å². The second kappa shape index (κ2) is 30.2. The first-order chi connectivity index (χ1) is 28.4. The van der Waals surface area contributed by atoms with Gasteiger partial charge in [0.05, 0.1) is 30.6 Å². The minimum Gasteiger partial charge on any atom is -0.480 e. The second-order valence-electron chi connectivity index (χ2n) is 10.9. The van der Waals surface area contributed by atoms with E-state index in [4.69, 9.17) is 10.3 Å². The van der Waals surface area contributed by atoms with Gasteiger partial charge in [0.2, 0.25) is 23.7 Å². The fourth-order valence-corrected chi connectivity index (χ4v) is 4.88. The van der Waals surface area contributed by atoms with Crippen molar-refractivity contribution in [1.29, 1.82) is 0 Å². The molecule has 22 nitrogen and oxygen atoms in total. The van der Waals surface area contributed by atoms with Gasteiger partial charge in [-0.15, -0.1) is 0 Å². The number of aromatic nitrogens is 4. The molecule has 1 aromatic carbocycles. The number of carboxylic acid groups (broad SMARTS) is 2. The Kier molecular flexibility index (Phi) is 28.3. The summed E-state index contributed by atoms with van der Waals surface area (Å²) in [6.07, 6.45) is -0.422. The van der Waals surface area contributed by atoms with E-state index >= 15 is 0 Å². The van der Waals surface area contributed by atoms with E-state index < -0.39 is 101 Å². The first-order valence-corrected chi connectivity index (χ1v) is 21.2. The van der Waals surface area contributed by atoms with E-state index in [1.54, 1.807) is 0 Å². The lowest BCUT2D eigenvalue weighted by Gasteiger charge is -2.21. The summed E-state index contributed by atoms with van der Waals surface area (Å²) in [6.45, 7) is 15.6. The summed E-state index contributed by atoms with van der Waals surface area (Å²) >= 11 is 3.83. The van der Waals surface area contributed by atoms with E-state index in [2.05, 4.69) is 59.1 Å². The normalized spacial score (nSPS) is 11.6. The first kappa shape index (κ1) is 56.2. The number of aliphatic carboxylic acids is 2. The van der Waals surface area contributed by atoms with Crippen molar-refractivity contribution in [2.45, 2.75) is 99.3 Å². The highest BCUT2D eigenvalue weighted by Crippen LogP contribution is 2.13. The molecule has 3 atom stereocenters. The number of carboxylic acids is 2. The van der Waals surface area contributed by atoms with Crippen molar-refractivity contribution in [3.8, 4) is 0 Å². The summed E-state index contributed by atoms with van der Waals surface area (Å²) in [4.78, 5) is 100. The van der Waals surface area contributed by atoms with Crippen LogP contribution in [0.4, 0.5) is 11.6 Å². The Morgan fingerprint density at radius 1 is 0.833 bits per heavy atom. The van der Waals surface area contributed by atoms with Crippen LogP contribution in [-0.2, 0) is 40.6 Å². The number of benzene rings is 1. The maximum atomic E-state index is 12.8. The summed E-state index contributed by atoms with van der Waals surface area (Å²) in [5.74, 6) is -8.03. The summed E-state index contributed by atoms with van der Waals surface area (Å²) < 4.78 is 30.6. The molecule has 0 aliphatic rings. The molecule has 0 aliphatic carbocycles. The summed E-state index contributed by atoms with van der Waals surface area (Å²) in [6, 6.07) is 1.07. The van der Waals surface area contributed by atoms with Gasteiger partial charge in [-0.25, -0.2) is 19.6 Å². The highest BCUT2D eigenvalue weighted by molar-refractivity contribution is 7.85. The highest BCUT2D eigenvalue weighted by atomic mass is 32.2. The van der Waals surface area contributed by atoms with Gasteiger partial charge < -0.3 is 42.5 Å². The predicted molar refractivity (Wildman–Crippen MR) is 229 cm³/mol. The first-order valence-electron chi connectivity index (χ1n) is 19.0. The number of nitrogens with two attached hydrogens (primary N) is 1. The van der Waals surface area contributed by atoms with Gasteiger partial charge in [-0.1, -0.05) is 55.4 Å². The quantitative estimate of drug-likeness (QED) is 0.0598. The van der Waals surface area contributed by atoms with Crippen molar-refractivity contribution >= 4 is 81.1 Å². The van der Waals surface area contributed by atoms with Gasteiger partial charge in [0.25, 0.3) is 21.6 Å². The largest absolute Gasteiger partial charge is 0.480 e.